The van der Waals surface area contributed by atoms with E-state index in [9.17, 15) is 0 Å². The van der Waals surface area contributed by atoms with Crippen LogP contribution in [0.5, 0.6) is 0 Å². The molecule has 0 saturated heterocycles. The van der Waals surface area contributed by atoms with Gasteiger partial charge >= 0.3 is 0 Å². The second-order valence-electron chi connectivity index (χ2n) is 3.85. The van der Waals surface area contributed by atoms with Crippen LogP contribution in [0.1, 0.15) is 12.6 Å². The van der Waals surface area contributed by atoms with Gasteiger partial charge in [0, 0.05) is 19.6 Å². The first kappa shape index (κ1) is 10.8. The molecule has 6 nitrogen and oxygen atoms in total. The molecule has 0 aliphatic heterocycles. The van der Waals surface area contributed by atoms with Crippen LogP contribution in [0, 0.1) is 6.92 Å². The molecular formula is C10H15N5O. The lowest BCUT2D eigenvalue weighted by Gasteiger charge is -2.23. The van der Waals surface area contributed by atoms with Crippen LogP contribution in [0.2, 0.25) is 0 Å². The molecule has 1 atom stereocenters. The van der Waals surface area contributed by atoms with Crippen molar-refractivity contribution >= 4 is 17.0 Å². The Kier molecular flexibility index (Phi) is 2.74. The van der Waals surface area contributed by atoms with Gasteiger partial charge in [0.25, 0.3) is 0 Å². The SMILES string of the molecule is Cc1noc2cnc(N(C)C(C)CN)nc12. The maximum absolute atomic E-state index is 5.60. The molecule has 2 rings (SSSR count). The van der Waals surface area contributed by atoms with Crippen molar-refractivity contribution in [2.24, 2.45) is 5.73 Å². The van der Waals surface area contributed by atoms with Crippen LogP contribution in [-0.2, 0) is 0 Å². The van der Waals surface area contributed by atoms with Crippen LogP contribution in [0.3, 0.4) is 0 Å². The summed E-state index contributed by atoms with van der Waals surface area (Å²) in [5.74, 6) is 0.636. The van der Waals surface area contributed by atoms with E-state index in [0.717, 1.165) is 11.2 Å². The number of likely N-dealkylation sites (N-methyl/N-ethyl adjacent to an activating group) is 1. The lowest BCUT2D eigenvalue weighted by atomic mass is 10.3. The van der Waals surface area contributed by atoms with Gasteiger partial charge in [0.1, 0.15) is 11.2 Å². The Labute approximate surface area is 93.4 Å². The van der Waals surface area contributed by atoms with Gasteiger partial charge in [0.05, 0.1) is 6.20 Å². The van der Waals surface area contributed by atoms with Gasteiger partial charge in [0.2, 0.25) is 11.5 Å². The number of fused-ring (bicyclic) bond motifs is 1. The quantitative estimate of drug-likeness (QED) is 0.822. The van der Waals surface area contributed by atoms with Crippen LogP contribution in [0.4, 0.5) is 5.95 Å². The first-order valence-corrected chi connectivity index (χ1v) is 5.15. The normalized spacial score (nSPS) is 13.0. The minimum absolute atomic E-state index is 0.192. The Morgan fingerprint density at radius 1 is 1.56 bits per heavy atom. The van der Waals surface area contributed by atoms with E-state index in [4.69, 9.17) is 10.3 Å². The molecule has 2 N–H and O–H groups in total. The second kappa shape index (κ2) is 4.05. The van der Waals surface area contributed by atoms with Gasteiger partial charge in [-0.3, -0.25) is 0 Å². The predicted molar refractivity (Wildman–Crippen MR) is 61.3 cm³/mol. The van der Waals surface area contributed by atoms with Crippen LogP contribution in [0.15, 0.2) is 10.7 Å². The summed E-state index contributed by atoms with van der Waals surface area (Å²) in [6.45, 7) is 4.43. The molecule has 0 fully saturated rings. The van der Waals surface area contributed by atoms with Crippen molar-refractivity contribution in [3.05, 3.63) is 11.9 Å². The largest absolute Gasteiger partial charge is 0.353 e. The van der Waals surface area contributed by atoms with Crippen LogP contribution in [0.25, 0.3) is 11.1 Å². The molecule has 16 heavy (non-hydrogen) atoms. The summed E-state index contributed by atoms with van der Waals surface area (Å²) in [6.07, 6.45) is 1.64. The number of nitrogens with zero attached hydrogens (tertiary/aromatic N) is 4. The van der Waals surface area contributed by atoms with E-state index < -0.39 is 0 Å². The molecule has 0 radical (unpaired) electrons. The van der Waals surface area contributed by atoms with E-state index in [0.29, 0.717) is 18.1 Å². The molecule has 0 bridgehead atoms. The highest BCUT2D eigenvalue weighted by Crippen LogP contribution is 2.17. The fraction of sp³-hybridized carbons (Fsp3) is 0.500. The van der Waals surface area contributed by atoms with Crippen LogP contribution in [-0.4, -0.2) is 34.8 Å². The summed E-state index contributed by atoms with van der Waals surface area (Å²) in [4.78, 5) is 10.6. The van der Waals surface area contributed by atoms with Gasteiger partial charge in [-0.1, -0.05) is 5.16 Å². The topological polar surface area (TPSA) is 81.1 Å². The predicted octanol–water partition coefficient (Wildman–Crippen LogP) is 0.710. The zero-order chi connectivity index (χ0) is 11.7. The number of nitrogens with two attached hydrogens (primary N) is 1. The standard InChI is InChI=1S/C10H15N5O/c1-6(4-11)15(3)10-12-5-8-9(13-10)7(2)14-16-8/h5-6H,4,11H2,1-3H3. The van der Waals surface area contributed by atoms with Gasteiger partial charge in [-0.15, -0.1) is 0 Å². The lowest BCUT2D eigenvalue weighted by molar-refractivity contribution is 0.449. The van der Waals surface area contributed by atoms with Crippen molar-refractivity contribution < 1.29 is 4.52 Å². The van der Waals surface area contributed by atoms with Gasteiger partial charge < -0.3 is 15.2 Å². The fourth-order valence-electron chi connectivity index (χ4n) is 1.37. The monoisotopic (exact) mass is 221 g/mol. The Morgan fingerprint density at radius 3 is 3.00 bits per heavy atom. The number of aromatic nitrogens is 3. The van der Waals surface area contributed by atoms with Gasteiger partial charge in [-0.2, -0.15) is 0 Å². The van der Waals surface area contributed by atoms with Crippen molar-refractivity contribution in [1.82, 2.24) is 15.1 Å². The highest BCUT2D eigenvalue weighted by molar-refractivity contribution is 5.74. The second-order valence-corrected chi connectivity index (χ2v) is 3.85. The average Bonchev–Trinajstić information content (AvgIpc) is 2.68. The van der Waals surface area contributed by atoms with Crippen molar-refractivity contribution in [1.29, 1.82) is 0 Å². The molecule has 1 unspecified atom stereocenters. The summed E-state index contributed by atoms with van der Waals surface area (Å²) in [7, 11) is 1.92. The summed E-state index contributed by atoms with van der Waals surface area (Å²) in [6, 6.07) is 0.192. The molecule has 86 valence electrons. The number of anilines is 1. The summed E-state index contributed by atoms with van der Waals surface area (Å²) < 4.78 is 5.05. The van der Waals surface area contributed by atoms with Crippen LogP contribution < -0.4 is 10.6 Å². The van der Waals surface area contributed by atoms with E-state index in [1.807, 2.05) is 25.8 Å². The highest BCUT2D eigenvalue weighted by atomic mass is 16.5. The molecule has 0 amide bonds. The van der Waals surface area contributed by atoms with Crippen molar-refractivity contribution in [2.75, 3.05) is 18.5 Å². The molecule has 2 aromatic rings. The molecule has 2 aromatic heterocycles. The van der Waals surface area contributed by atoms with E-state index in [1.54, 1.807) is 6.20 Å². The zero-order valence-corrected chi connectivity index (χ0v) is 9.64. The van der Waals surface area contributed by atoms with Gasteiger partial charge in [0.15, 0.2) is 0 Å². The number of hydrogen-bond donors (Lipinski definition) is 1. The highest BCUT2D eigenvalue weighted by Gasteiger charge is 2.14. The Bertz CT molecular complexity index is 495. The van der Waals surface area contributed by atoms with E-state index in [2.05, 4.69) is 15.1 Å². The molecule has 2 heterocycles. The lowest BCUT2D eigenvalue weighted by Crippen LogP contribution is -2.36. The Hall–Kier alpha value is -1.69. The van der Waals surface area contributed by atoms with Gasteiger partial charge in [-0.05, 0) is 13.8 Å². The maximum Gasteiger partial charge on any atom is 0.226 e. The zero-order valence-electron chi connectivity index (χ0n) is 9.64. The number of aryl methyl sites for hydroxylation is 1. The summed E-state index contributed by atoms with van der Waals surface area (Å²) >= 11 is 0. The third-order valence-electron chi connectivity index (χ3n) is 2.68. The Balaban J connectivity index is 2.41. The summed E-state index contributed by atoms with van der Waals surface area (Å²) in [5.41, 5.74) is 7.73. The molecule has 6 heteroatoms. The molecule has 0 spiro atoms. The molecule has 0 saturated carbocycles. The molecule has 0 aliphatic carbocycles. The first-order valence-electron chi connectivity index (χ1n) is 5.15. The fourth-order valence-corrected chi connectivity index (χ4v) is 1.37. The smallest absolute Gasteiger partial charge is 0.226 e. The minimum Gasteiger partial charge on any atom is -0.353 e. The van der Waals surface area contributed by atoms with E-state index in [-0.39, 0.29) is 6.04 Å². The Morgan fingerprint density at radius 2 is 2.31 bits per heavy atom. The minimum atomic E-state index is 0.192. The van der Waals surface area contributed by atoms with Gasteiger partial charge in [-0.25, -0.2) is 9.97 Å². The first-order chi connectivity index (χ1) is 7.63. The van der Waals surface area contributed by atoms with Crippen molar-refractivity contribution in [3.63, 3.8) is 0 Å². The maximum atomic E-state index is 5.60. The number of hydrogen-bond acceptors (Lipinski definition) is 6. The van der Waals surface area contributed by atoms with Crippen LogP contribution >= 0.6 is 0 Å². The molecule has 0 aromatic carbocycles. The third kappa shape index (κ3) is 1.71. The van der Waals surface area contributed by atoms with Crippen molar-refractivity contribution in [2.45, 2.75) is 19.9 Å². The van der Waals surface area contributed by atoms with E-state index in [1.165, 1.54) is 0 Å². The average molecular weight is 221 g/mol. The summed E-state index contributed by atoms with van der Waals surface area (Å²) in [5, 5.41) is 3.84. The number of rotatable bonds is 3. The molecule has 0 aliphatic rings. The van der Waals surface area contributed by atoms with Crippen molar-refractivity contribution in [3.8, 4) is 0 Å². The van der Waals surface area contributed by atoms with E-state index >= 15 is 0 Å². The molecular weight excluding hydrogens is 206 g/mol. The third-order valence-corrected chi connectivity index (χ3v) is 2.68.